The van der Waals surface area contributed by atoms with Crippen LogP contribution in [0.25, 0.3) is 11.3 Å². The summed E-state index contributed by atoms with van der Waals surface area (Å²) in [6.07, 6.45) is 5.99. The van der Waals surface area contributed by atoms with E-state index in [-0.39, 0.29) is 11.5 Å². The van der Waals surface area contributed by atoms with Crippen molar-refractivity contribution in [2.75, 3.05) is 60.7 Å². The first-order valence-electron chi connectivity index (χ1n) is 11.1. The van der Waals surface area contributed by atoms with Gasteiger partial charge in [-0.2, -0.15) is 0 Å². The molecule has 1 fully saturated rings. The number of carbonyl (C=O) groups is 1. The Morgan fingerprint density at radius 3 is 2.67 bits per heavy atom. The molecule has 0 spiro atoms. The Labute approximate surface area is 193 Å². The zero-order valence-corrected chi connectivity index (χ0v) is 19.0. The second-order valence-corrected chi connectivity index (χ2v) is 7.90. The number of morpholine rings is 1. The van der Waals surface area contributed by atoms with Gasteiger partial charge in [0.25, 0.3) is 5.91 Å². The van der Waals surface area contributed by atoms with Crippen LogP contribution in [0.3, 0.4) is 0 Å². The highest BCUT2D eigenvalue weighted by atomic mass is 16.5. The molecule has 0 atom stereocenters. The number of nitrogens with two attached hydrogens (primary N) is 1. The Morgan fingerprint density at radius 2 is 1.94 bits per heavy atom. The van der Waals surface area contributed by atoms with Crippen LogP contribution in [0, 0.1) is 0 Å². The molecule has 1 saturated heterocycles. The Kier molecular flexibility index (Phi) is 6.99. The lowest BCUT2D eigenvalue weighted by Crippen LogP contribution is -2.36. The van der Waals surface area contributed by atoms with Gasteiger partial charge < -0.3 is 25.6 Å². The van der Waals surface area contributed by atoms with Gasteiger partial charge in [0.2, 0.25) is 0 Å². The fourth-order valence-corrected chi connectivity index (χ4v) is 3.80. The van der Waals surface area contributed by atoms with Crippen LogP contribution in [-0.2, 0) is 4.74 Å². The summed E-state index contributed by atoms with van der Waals surface area (Å²) < 4.78 is 5.43. The molecule has 0 radical (unpaired) electrons. The quantitative estimate of drug-likeness (QED) is 0.569. The van der Waals surface area contributed by atoms with Crippen molar-refractivity contribution >= 4 is 28.8 Å². The van der Waals surface area contributed by atoms with E-state index in [0.717, 1.165) is 43.0 Å². The molecule has 0 unspecified atom stereocenters. The van der Waals surface area contributed by atoms with Crippen LogP contribution in [0.2, 0.25) is 0 Å². The number of ether oxygens (including phenoxy) is 1. The molecular weight excluding hydrogens is 418 g/mol. The number of anilines is 4. The third-order valence-corrected chi connectivity index (χ3v) is 5.58. The first-order chi connectivity index (χ1) is 16.1. The molecule has 1 aliphatic heterocycles. The molecule has 9 heteroatoms. The summed E-state index contributed by atoms with van der Waals surface area (Å²) in [5.41, 5.74) is 10.1. The van der Waals surface area contributed by atoms with Gasteiger partial charge in [-0.15, -0.1) is 0 Å². The van der Waals surface area contributed by atoms with Crippen LogP contribution in [-0.4, -0.2) is 60.8 Å². The molecule has 33 heavy (non-hydrogen) atoms. The van der Waals surface area contributed by atoms with Gasteiger partial charge in [0.15, 0.2) is 11.5 Å². The van der Waals surface area contributed by atoms with E-state index in [2.05, 4.69) is 44.0 Å². The van der Waals surface area contributed by atoms with Crippen molar-refractivity contribution in [3.63, 3.8) is 0 Å². The Balaban J connectivity index is 1.56. The highest BCUT2D eigenvalue weighted by Gasteiger charge is 2.19. The third kappa shape index (κ3) is 5.20. The SMILES string of the molecule is CCCN(C)c1ccc(-c2cnc(N)c(C(=O)Nc3cnccc3N3CCOCC3)n2)cc1. The number of nitrogens with zero attached hydrogens (tertiary/aromatic N) is 5. The molecule has 0 aliphatic carbocycles. The third-order valence-electron chi connectivity index (χ3n) is 5.58. The number of carbonyl (C=O) groups excluding carboxylic acids is 1. The molecular formula is C24H29N7O2. The lowest BCUT2D eigenvalue weighted by molar-refractivity contribution is 0.102. The first-order valence-corrected chi connectivity index (χ1v) is 11.1. The standard InChI is InChI=1S/C24H29N7O2/c1-3-10-30(2)18-6-4-17(5-7-18)19-16-27-23(25)22(28-19)24(32)29-20-15-26-9-8-21(20)31-11-13-33-14-12-31/h4-9,15-16H,3,10-14H2,1-2H3,(H2,25,27)(H,29,32). The van der Waals surface area contributed by atoms with Crippen molar-refractivity contribution in [2.45, 2.75) is 13.3 Å². The zero-order valence-electron chi connectivity index (χ0n) is 19.0. The molecule has 3 heterocycles. The number of nitrogens with one attached hydrogen (secondary N) is 1. The van der Waals surface area contributed by atoms with Gasteiger partial charge in [0, 0.05) is 44.1 Å². The summed E-state index contributed by atoms with van der Waals surface area (Å²) in [4.78, 5) is 30.4. The Hall–Kier alpha value is -3.72. The monoisotopic (exact) mass is 447 g/mol. The molecule has 0 saturated carbocycles. The summed E-state index contributed by atoms with van der Waals surface area (Å²) in [6.45, 7) is 5.90. The Bertz CT molecular complexity index is 1100. The van der Waals surface area contributed by atoms with Gasteiger partial charge in [-0.3, -0.25) is 9.78 Å². The van der Waals surface area contributed by atoms with Crippen LogP contribution < -0.4 is 20.9 Å². The van der Waals surface area contributed by atoms with Crippen molar-refractivity contribution in [3.05, 3.63) is 54.6 Å². The minimum atomic E-state index is -0.427. The van der Waals surface area contributed by atoms with Crippen LogP contribution in [0.15, 0.2) is 48.9 Å². The van der Waals surface area contributed by atoms with E-state index in [1.165, 1.54) is 0 Å². The largest absolute Gasteiger partial charge is 0.382 e. The molecule has 4 rings (SSSR count). The summed E-state index contributed by atoms with van der Waals surface area (Å²) in [5.74, 6) is -0.351. The van der Waals surface area contributed by atoms with Gasteiger partial charge in [0.1, 0.15) is 0 Å². The number of hydrogen-bond donors (Lipinski definition) is 2. The minimum Gasteiger partial charge on any atom is -0.382 e. The summed E-state index contributed by atoms with van der Waals surface area (Å²) in [7, 11) is 2.06. The first kappa shape index (κ1) is 22.5. The van der Waals surface area contributed by atoms with Gasteiger partial charge in [-0.1, -0.05) is 19.1 Å². The fraction of sp³-hybridized carbons (Fsp3) is 0.333. The number of pyridine rings is 1. The number of aromatic nitrogens is 3. The van der Waals surface area contributed by atoms with E-state index in [4.69, 9.17) is 10.5 Å². The van der Waals surface area contributed by atoms with E-state index in [0.29, 0.717) is 24.6 Å². The van der Waals surface area contributed by atoms with Crippen molar-refractivity contribution in [3.8, 4) is 11.3 Å². The molecule has 3 aromatic rings. The van der Waals surface area contributed by atoms with Gasteiger partial charge in [-0.25, -0.2) is 9.97 Å². The van der Waals surface area contributed by atoms with Gasteiger partial charge in [0.05, 0.1) is 42.7 Å². The maximum atomic E-state index is 13.1. The van der Waals surface area contributed by atoms with Crippen LogP contribution in [0.5, 0.6) is 0 Å². The number of rotatable bonds is 7. The van der Waals surface area contributed by atoms with E-state index in [1.54, 1.807) is 18.6 Å². The minimum absolute atomic E-state index is 0.0763. The van der Waals surface area contributed by atoms with Crippen molar-refractivity contribution in [2.24, 2.45) is 0 Å². The highest BCUT2D eigenvalue weighted by Crippen LogP contribution is 2.27. The molecule has 1 aromatic carbocycles. The zero-order chi connectivity index (χ0) is 23.2. The molecule has 172 valence electrons. The van der Waals surface area contributed by atoms with E-state index in [1.807, 2.05) is 30.3 Å². The molecule has 2 aromatic heterocycles. The van der Waals surface area contributed by atoms with E-state index in [9.17, 15) is 4.79 Å². The van der Waals surface area contributed by atoms with Gasteiger partial charge >= 0.3 is 0 Å². The summed E-state index contributed by atoms with van der Waals surface area (Å²) in [5, 5.41) is 2.91. The molecule has 0 bridgehead atoms. The average molecular weight is 448 g/mol. The number of hydrogen-bond acceptors (Lipinski definition) is 8. The number of nitrogen functional groups attached to an aromatic ring is 1. The smallest absolute Gasteiger partial charge is 0.278 e. The second-order valence-electron chi connectivity index (χ2n) is 7.90. The van der Waals surface area contributed by atoms with Crippen molar-refractivity contribution in [1.82, 2.24) is 15.0 Å². The average Bonchev–Trinajstić information content (AvgIpc) is 2.85. The van der Waals surface area contributed by atoms with E-state index < -0.39 is 5.91 Å². The van der Waals surface area contributed by atoms with Gasteiger partial charge in [-0.05, 0) is 24.6 Å². The summed E-state index contributed by atoms with van der Waals surface area (Å²) in [6, 6.07) is 9.89. The molecule has 9 nitrogen and oxygen atoms in total. The predicted molar refractivity (Wildman–Crippen MR) is 131 cm³/mol. The highest BCUT2D eigenvalue weighted by molar-refractivity contribution is 6.07. The van der Waals surface area contributed by atoms with Crippen LogP contribution >= 0.6 is 0 Å². The predicted octanol–water partition coefficient (Wildman–Crippen LogP) is 3.06. The maximum absolute atomic E-state index is 13.1. The van der Waals surface area contributed by atoms with Crippen LogP contribution in [0.1, 0.15) is 23.8 Å². The number of benzene rings is 1. The number of amides is 1. The normalized spacial score (nSPS) is 13.6. The maximum Gasteiger partial charge on any atom is 0.278 e. The molecule has 3 N–H and O–H groups in total. The summed E-state index contributed by atoms with van der Waals surface area (Å²) >= 11 is 0. The lowest BCUT2D eigenvalue weighted by Gasteiger charge is -2.30. The molecule has 1 amide bonds. The molecule has 1 aliphatic rings. The van der Waals surface area contributed by atoms with E-state index >= 15 is 0 Å². The van der Waals surface area contributed by atoms with Crippen LogP contribution in [0.4, 0.5) is 22.9 Å². The van der Waals surface area contributed by atoms with Crippen molar-refractivity contribution < 1.29 is 9.53 Å². The lowest BCUT2D eigenvalue weighted by atomic mass is 10.1. The van der Waals surface area contributed by atoms with Crippen molar-refractivity contribution in [1.29, 1.82) is 0 Å². The second kappa shape index (κ2) is 10.3. The fourth-order valence-electron chi connectivity index (χ4n) is 3.80. The topological polar surface area (TPSA) is 110 Å². The Morgan fingerprint density at radius 1 is 1.18 bits per heavy atom.